The monoisotopic (exact) mass is 573 g/mol. The van der Waals surface area contributed by atoms with Crippen molar-refractivity contribution >= 4 is 35.8 Å². The van der Waals surface area contributed by atoms with Gasteiger partial charge in [0.15, 0.2) is 6.10 Å². The van der Waals surface area contributed by atoms with Gasteiger partial charge in [0.1, 0.15) is 12.8 Å². The molecule has 0 aliphatic carbocycles. The first kappa shape index (κ1) is 31.5. The van der Waals surface area contributed by atoms with E-state index in [-0.39, 0.29) is 22.9 Å². The molecule has 2 aromatic carbocycles. The molecule has 8 nitrogen and oxygen atoms in total. The summed E-state index contributed by atoms with van der Waals surface area (Å²) in [5, 5.41) is 7.25. The molecule has 1 fully saturated rings. The van der Waals surface area contributed by atoms with E-state index in [0.717, 1.165) is 13.0 Å². The smallest absolute Gasteiger partial charge is 0.408 e. The van der Waals surface area contributed by atoms with E-state index in [0.29, 0.717) is 19.3 Å². The van der Waals surface area contributed by atoms with Gasteiger partial charge in [-0.25, -0.2) is 13.6 Å². The minimum Gasteiger partial charge on any atom is -0.434 e. The average molecular weight is 574 g/mol. The lowest BCUT2D eigenvalue weighted by molar-refractivity contribution is -0.126. The van der Waals surface area contributed by atoms with E-state index in [1.165, 1.54) is 42.5 Å². The summed E-state index contributed by atoms with van der Waals surface area (Å²) in [6.07, 6.45) is -4.26. The van der Waals surface area contributed by atoms with E-state index in [1.807, 2.05) is 0 Å². The Kier molecular flexibility index (Phi) is 12.2. The number of nitrogens with one attached hydrogen (secondary N) is 3. The molecule has 1 aliphatic rings. The lowest BCUT2D eigenvalue weighted by Crippen LogP contribution is -2.44. The minimum atomic E-state index is -3.64. The number of alkyl carbamates (subject to hydrolysis) is 1. The molecule has 212 valence electrons. The number of benzene rings is 2. The van der Waals surface area contributed by atoms with Crippen molar-refractivity contribution in [3.05, 3.63) is 70.7 Å². The summed E-state index contributed by atoms with van der Waals surface area (Å²) in [6.45, 7) is 0.711. The van der Waals surface area contributed by atoms with Crippen LogP contribution in [0.3, 0.4) is 0 Å². The van der Waals surface area contributed by atoms with Gasteiger partial charge in [-0.15, -0.1) is 0 Å². The van der Waals surface area contributed by atoms with Crippen LogP contribution in [0.5, 0.6) is 0 Å². The maximum Gasteiger partial charge on any atom is 0.408 e. The highest BCUT2D eigenvalue weighted by atomic mass is 35.5. The predicted octanol–water partition coefficient (Wildman–Crippen LogP) is 4.38. The van der Waals surface area contributed by atoms with E-state index in [4.69, 9.17) is 16.3 Å². The topological polar surface area (TPSA) is 114 Å². The highest BCUT2D eigenvalue weighted by molar-refractivity contribution is 6.30. The first-order chi connectivity index (χ1) is 18.4. The van der Waals surface area contributed by atoms with Gasteiger partial charge in [-0.1, -0.05) is 54.1 Å². The first-order valence-electron chi connectivity index (χ1n) is 11.9. The second kappa shape index (κ2) is 15.1. The zero-order valence-electron chi connectivity index (χ0n) is 20.8. The van der Waals surface area contributed by atoms with E-state index in [2.05, 4.69) is 16.0 Å². The fourth-order valence-corrected chi connectivity index (χ4v) is 3.90. The largest absolute Gasteiger partial charge is 0.434 e. The second-order valence-corrected chi connectivity index (χ2v) is 8.96. The summed E-state index contributed by atoms with van der Waals surface area (Å²) in [5.74, 6) is -4.98. The van der Waals surface area contributed by atoms with Crippen LogP contribution in [0.1, 0.15) is 37.0 Å². The minimum absolute atomic E-state index is 0.0351. The van der Waals surface area contributed by atoms with Crippen LogP contribution in [-0.2, 0) is 25.0 Å². The van der Waals surface area contributed by atoms with Crippen molar-refractivity contribution in [2.75, 3.05) is 13.1 Å². The van der Waals surface area contributed by atoms with Crippen molar-refractivity contribution in [1.82, 2.24) is 16.0 Å². The van der Waals surface area contributed by atoms with Crippen LogP contribution in [-0.4, -0.2) is 49.8 Å². The molecule has 0 saturated carbocycles. The standard InChI is InChI=1S/C24H24ClF2N3O5.C2H4F2/c25-18-8-4-7-17(12-18)24(26,27)21(15-5-2-1-3-6-15)35-23(34)29-13-20(32)30-19(14-31)11-16-9-10-28-22(16)33;1-2(3)4/h1-8,12,14,16,19,21H,9-11,13H2,(H,28,33)(H,29,34)(H,30,32);2H,1H3. The Morgan fingerprint density at radius 2 is 1.85 bits per heavy atom. The average Bonchev–Trinajstić information content (AvgIpc) is 3.29. The highest BCUT2D eigenvalue weighted by Gasteiger charge is 2.45. The maximum atomic E-state index is 15.4. The summed E-state index contributed by atoms with van der Waals surface area (Å²) >= 11 is 5.86. The Bertz CT molecular complexity index is 1120. The first-order valence-corrected chi connectivity index (χ1v) is 12.3. The number of rotatable bonds is 10. The number of alkyl halides is 4. The molecular weight excluding hydrogens is 546 g/mol. The summed E-state index contributed by atoms with van der Waals surface area (Å²) in [6, 6.07) is 11.6. The number of halogens is 5. The van der Waals surface area contributed by atoms with Crippen LogP contribution < -0.4 is 16.0 Å². The van der Waals surface area contributed by atoms with Gasteiger partial charge in [0.05, 0.1) is 6.04 Å². The highest BCUT2D eigenvalue weighted by Crippen LogP contribution is 2.43. The fourth-order valence-electron chi connectivity index (χ4n) is 3.71. The van der Waals surface area contributed by atoms with E-state index in [9.17, 15) is 28.0 Å². The van der Waals surface area contributed by atoms with Gasteiger partial charge in [-0.3, -0.25) is 9.59 Å². The number of aldehydes is 1. The zero-order valence-corrected chi connectivity index (χ0v) is 21.6. The van der Waals surface area contributed by atoms with Gasteiger partial charge >= 0.3 is 12.0 Å². The lowest BCUT2D eigenvalue weighted by Gasteiger charge is -2.27. The van der Waals surface area contributed by atoms with Crippen LogP contribution in [0.4, 0.5) is 22.4 Å². The summed E-state index contributed by atoms with van der Waals surface area (Å²) in [5.41, 5.74) is -0.415. The van der Waals surface area contributed by atoms with Gasteiger partial charge in [0, 0.05) is 23.0 Å². The summed E-state index contributed by atoms with van der Waals surface area (Å²) < 4.78 is 56.5. The number of carbonyl (C=O) groups is 4. The Labute approximate surface area is 227 Å². The third-order valence-electron chi connectivity index (χ3n) is 5.47. The van der Waals surface area contributed by atoms with Crippen molar-refractivity contribution in [2.24, 2.45) is 5.92 Å². The van der Waals surface area contributed by atoms with Gasteiger partial charge in [0.2, 0.25) is 18.2 Å². The fraction of sp³-hybridized carbons (Fsp3) is 0.385. The molecule has 1 heterocycles. The van der Waals surface area contributed by atoms with Gasteiger partial charge in [0.25, 0.3) is 0 Å². The van der Waals surface area contributed by atoms with E-state index in [1.54, 1.807) is 6.07 Å². The van der Waals surface area contributed by atoms with Crippen LogP contribution >= 0.6 is 11.6 Å². The molecule has 0 radical (unpaired) electrons. The maximum absolute atomic E-state index is 15.4. The Hall–Kier alpha value is -3.67. The number of hydrogen-bond donors (Lipinski definition) is 3. The molecule has 0 bridgehead atoms. The SMILES string of the molecule is CC(F)F.O=CC(CC1CCNC1=O)NC(=O)CNC(=O)OC(c1ccccc1)C(F)(F)c1cccc(Cl)c1. The lowest BCUT2D eigenvalue weighted by atomic mass is 9.97. The van der Waals surface area contributed by atoms with E-state index < -0.39 is 54.5 Å². The zero-order chi connectivity index (χ0) is 29.0. The number of hydrogen-bond acceptors (Lipinski definition) is 5. The molecule has 2 aromatic rings. The van der Waals surface area contributed by atoms with E-state index >= 15 is 8.78 Å². The summed E-state index contributed by atoms with van der Waals surface area (Å²) in [4.78, 5) is 47.5. The molecule has 3 unspecified atom stereocenters. The van der Waals surface area contributed by atoms with Gasteiger partial charge in [-0.05, 0) is 37.5 Å². The van der Waals surface area contributed by atoms with Gasteiger partial charge < -0.3 is 25.5 Å². The van der Waals surface area contributed by atoms with Crippen molar-refractivity contribution in [3.8, 4) is 0 Å². The normalized spacial score (nSPS) is 16.3. The molecule has 3 amide bonds. The molecular formula is C26H28ClF4N3O5. The quantitative estimate of drug-likeness (QED) is 0.288. The Morgan fingerprint density at radius 1 is 1.18 bits per heavy atom. The Balaban J connectivity index is 0.00000124. The third kappa shape index (κ3) is 10.2. The number of ether oxygens (including phenoxy) is 1. The molecule has 1 aliphatic heterocycles. The van der Waals surface area contributed by atoms with Crippen LogP contribution in [0.2, 0.25) is 5.02 Å². The van der Waals surface area contributed by atoms with Crippen molar-refractivity contribution in [2.45, 2.75) is 44.3 Å². The molecule has 39 heavy (non-hydrogen) atoms. The molecule has 3 N–H and O–H groups in total. The van der Waals surface area contributed by atoms with Crippen LogP contribution in [0.15, 0.2) is 54.6 Å². The van der Waals surface area contributed by atoms with Crippen molar-refractivity contribution in [3.63, 3.8) is 0 Å². The van der Waals surface area contributed by atoms with Crippen molar-refractivity contribution in [1.29, 1.82) is 0 Å². The summed E-state index contributed by atoms with van der Waals surface area (Å²) in [7, 11) is 0. The molecule has 3 atom stereocenters. The molecule has 13 heteroatoms. The third-order valence-corrected chi connectivity index (χ3v) is 5.71. The van der Waals surface area contributed by atoms with Crippen molar-refractivity contribution < 1.29 is 41.5 Å². The van der Waals surface area contributed by atoms with Crippen LogP contribution in [0, 0.1) is 5.92 Å². The number of carbonyl (C=O) groups excluding carboxylic acids is 4. The molecule has 0 spiro atoms. The van der Waals surface area contributed by atoms with Gasteiger partial charge in [-0.2, -0.15) is 8.78 Å². The molecule has 1 saturated heterocycles. The predicted molar refractivity (Wildman–Crippen MR) is 134 cm³/mol. The number of amides is 3. The molecule has 0 aromatic heterocycles. The molecule has 3 rings (SSSR count). The van der Waals surface area contributed by atoms with Crippen LogP contribution in [0.25, 0.3) is 0 Å². The Morgan fingerprint density at radius 3 is 2.41 bits per heavy atom. The second-order valence-electron chi connectivity index (χ2n) is 8.52.